The number of unbranched alkanes of at least 4 members (excludes halogenated alkanes) is 1. The molecule has 1 heterocycles. The number of rotatable bonds is 8. The van der Waals surface area contributed by atoms with E-state index in [1.54, 1.807) is 12.1 Å². The normalized spacial score (nSPS) is 11.8. The van der Waals surface area contributed by atoms with Crippen molar-refractivity contribution in [3.8, 4) is 17.2 Å². The first-order valence-electron chi connectivity index (χ1n) is 11.4. The van der Waals surface area contributed by atoms with Crippen molar-refractivity contribution >= 4 is 17.0 Å². The summed E-state index contributed by atoms with van der Waals surface area (Å²) >= 11 is 0. The summed E-state index contributed by atoms with van der Waals surface area (Å²) in [6.45, 7) is 2.71. The first kappa shape index (κ1) is 23.2. The number of nitriles is 1. The second-order valence-electron chi connectivity index (χ2n) is 8.20. The van der Waals surface area contributed by atoms with Crippen molar-refractivity contribution < 1.29 is 14.6 Å². The minimum Gasteiger partial charge on any atom is -0.465 e. The molecule has 0 fully saturated rings. The maximum absolute atomic E-state index is 12.5. The van der Waals surface area contributed by atoms with Crippen LogP contribution in [0.25, 0.3) is 22.2 Å². The second-order valence-corrected chi connectivity index (χ2v) is 8.20. The van der Waals surface area contributed by atoms with Crippen LogP contribution in [-0.2, 0) is 17.7 Å². The molecule has 0 saturated carbocycles. The van der Waals surface area contributed by atoms with E-state index >= 15 is 0 Å². The molecule has 172 valence electrons. The van der Waals surface area contributed by atoms with Gasteiger partial charge in [0.1, 0.15) is 5.82 Å². The average molecular weight is 454 g/mol. The zero-order valence-corrected chi connectivity index (χ0v) is 19.4. The molecule has 1 atom stereocenters. The lowest BCUT2D eigenvalue weighted by Crippen LogP contribution is -2.09. The zero-order valence-electron chi connectivity index (χ0n) is 19.4. The summed E-state index contributed by atoms with van der Waals surface area (Å²) in [5, 5.41) is 19.2. The molecule has 1 N–H and O–H groups in total. The number of aliphatic hydroxyl groups is 1. The first-order chi connectivity index (χ1) is 16.6. The topological polar surface area (TPSA) is 88.1 Å². The first-order valence-corrected chi connectivity index (χ1v) is 11.4. The smallest absolute Gasteiger partial charge is 0.340 e. The Hall–Kier alpha value is -3.95. The third-order valence-corrected chi connectivity index (χ3v) is 5.99. The molecule has 0 aliphatic carbocycles. The summed E-state index contributed by atoms with van der Waals surface area (Å²) in [5.41, 5.74) is 5.46. The van der Waals surface area contributed by atoms with Gasteiger partial charge in [-0.05, 0) is 35.2 Å². The van der Waals surface area contributed by atoms with Crippen molar-refractivity contribution in [1.82, 2.24) is 9.55 Å². The van der Waals surface area contributed by atoms with E-state index in [2.05, 4.69) is 11.5 Å². The number of methoxy groups -OCH3 is 1. The minimum atomic E-state index is -1.17. The largest absolute Gasteiger partial charge is 0.465 e. The van der Waals surface area contributed by atoms with E-state index < -0.39 is 6.10 Å². The van der Waals surface area contributed by atoms with Crippen molar-refractivity contribution in [1.29, 1.82) is 5.26 Å². The van der Waals surface area contributed by atoms with Crippen LogP contribution in [0.5, 0.6) is 0 Å². The standard InChI is InChI=1S/C28H27N3O3/c1-3-4-12-26-30-24-11-7-10-23(28(33)34-2)27(24)31(26)18-19-13-15-20(16-14-19)21-8-5-6-9-22(21)25(32)17-29/h5-11,13-16,25,32H,3-4,12,18H2,1-2H3. The van der Waals surface area contributed by atoms with Gasteiger partial charge in [0.15, 0.2) is 6.10 Å². The van der Waals surface area contributed by atoms with Gasteiger partial charge in [-0.15, -0.1) is 0 Å². The molecule has 0 spiro atoms. The predicted octanol–water partition coefficient (Wildman–Crippen LogP) is 5.44. The highest BCUT2D eigenvalue weighted by molar-refractivity contribution is 6.02. The number of carbonyl (C=O) groups excluding carboxylic acids is 1. The number of aliphatic hydroxyl groups excluding tert-OH is 1. The number of esters is 1. The third kappa shape index (κ3) is 4.57. The van der Waals surface area contributed by atoms with Gasteiger partial charge in [-0.1, -0.05) is 67.9 Å². The van der Waals surface area contributed by atoms with Gasteiger partial charge < -0.3 is 14.4 Å². The Kier molecular flexibility index (Phi) is 7.05. The number of aryl methyl sites for hydroxylation is 1. The van der Waals surface area contributed by atoms with Crippen LogP contribution in [0.4, 0.5) is 0 Å². The lowest BCUT2D eigenvalue weighted by Gasteiger charge is -2.13. The van der Waals surface area contributed by atoms with Crippen molar-refractivity contribution in [3.05, 3.63) is 89.2 Å². The maximum Gasteiger partial charge on any atom is 0.340 e. The summed E-state index contributed by atoms with van der Waals surface area (Å²) in [7, 11) is 1.39. The molecule has 0 aliphatic heterocycles. The van der Waals surface area contributed by atoms with E-state index in [-0.39, 0.29) is 5.97 Å². The van der Waals surface area contributed by atoms with E-state index in [0.29, 0.717) is 17.7 Å². The van der Waals surface area contributed by atoms with E-state index in [1.807, 2.05) is 60.7 Å². The van der Waals surface area contributed by atoms with Gasteiger partial charge in [0.2, 0.25) is 0 Å². The van der Waals surface area contributed by atoms with E-state index in [4.69, 9.17) is 15.0 Å². The van der Waals surface area contributed by atoms with Crippen LogP contribution in [0.15, 0.2) is 66.7 Å². The molecule has 0 radical (unpaired) electrons. The molecule has 0 bridgehead atoms. The Morgan fingerprint density at radius 1 is 1.12 bits per heavy atom. The highest BCUT2D eigenvalue weighted by Crippen LogP contribution is 2.29. The molecular weight excluding hydrogens is 426 g/mol. The van der Waals surface area contributed by atoms with Crippen molar-refractivity contribution in [2.75, 3.05) is 7.11 Å². The number of nitrogens with zero attached hydrogens (tertiary/aromatic N) is 3. The van der Waals surface area contributed by atoms with Crippen molar-refractivity contribution in [2.45, 2.75) is 38.8 Å². The Balaban J connectivity index is 1.73. The molecule has 6 heteroatoms. The summed E-state index contributed by atoms with van der Waals surface area (Å²) in [6, 6.07) is 22.8. The van der Waals surface area contributed by atoms with Crippen LogP contribution in [0.3, 0.4) is 0 Å². The summed E-state index contributed by atoms with van der Waals surface area (Å²) < 4.78 is 7.13. The van der Waals surface area contributed by atoms with Gasteiger partial charge in [0.25, 0.3) is 0 Å². The van der Waals surface area contributed by atoms with Crippen molar-refractivity contribution in [3.63, 3.8) is 0 Å². The summed E-state index contributed by atoms with van der Waals surface area (Å²) in [4.78, 5) is 17.3. The fraction of sp³-hybridized carbons (Fsp3) is 0.250. The van der Waals surface area contributed by atoms with Crippen LogP contribution in [0, 0.1) is 11.3 Å². The summed E-state index contributed by atoms with van der Waals surface area (Å²) in [5.74, 6) is 0.566. The van der Waals surface area contributed by atoms with Gasteiger partial charge in [0.05, 0.1) is 29.8 Å². The van der Waals surface area contributed by atoms with Crippen molar-refractivity contribution in [2.24, 2.45) is 0 Å². The number of imidazole rings is 1. The number of fused-ring (bicyclic) bond motifs is 1. The number of hydrogen-bond donors (Lipinski definition) is 1. The number of benzene rings is 3. The van der Waals surface area contributed by atoms with E-state index in [9.17, 15) is 9.90 Å². The molecule has 4 aromatic rings. The lowest BCUT2D eigenvalue weighted by atomic mass is 9.96. The minimum absolute atomic E-state index is 0.378. The molecular formula is C28H27N3O3. The van der Waals surface area contributed by atoms with E-state index in [1.165, 1.54) is 7.11 Å². The maximum atomic E-state index is 12.5. The van der Waals surface area contributed by atoms with Crippen LogP contribution < -0.4 is 0 Å². The lowest BCUT2D eigenvalue weighted by molar-refractivity contribution is 0.0602. The van der Waals surface area contributed by atoms with Gasteiger partial charge in [-0.3, -0.25) is 0 Å². The molecule has 3 aromatic carbocycles. The van der Waals surface area contributed by atoms with Crippen LogP contribution >= 0.6 is 0 Å². The average Bonchev–Trinajstić information content (AvgIpc) is 3.24. The molecule has 0 aliphatic rings. The number of carbonyl (C=O) groups is 1. The molecule has 1 aromatic heterocycles. The quantitative estimate of drug-likeness (QED) is 0.284. The molecule has 34 heavy (non-hydrogen) atoms. The molecule has 6 nitrogen and oxygen atoms in total. The van der Waals surface area contributed by atoms with Gasteiger partial charge in [-0.2, -0.15) is 5.26 Å². The Bertz CT molecular complexity index is 1350. The van der Waals surface area contributed by atoms with Gasteiger partial charge in [-0.25, -0.2) is 9.78 Å². The molecule has 1 unspecified atom stereocenters. The fourth-order valence-electron chi connectivity index (χ4n) is 4.24. The Morgan fingerprint density at radius 3 is 2.59 bits per heavy atom. The highest BCUT2D eigenvalue weighted by Gasteiger charge is 2.19. The predicted molar refractivity (Wildman–Crippen MR) is 131 cm³/mol. The van der Waals surface area contributed by atoms with Crippen LogP contribution in [0.1, 0.15) is 53.2 Å². The van der Waals surface area contributed by atoms with Crippen LogP contribution in [0.2, 0.25) is 0 Å². The van der Waals surface area contributed by atoms with E-state index in [0.717, 1.165) is 52.8 Å². The highest BCUT2D eigenvalue weighted by atomic mass is 16.5. The number of para-hydroxylation sites is 1. The molecule has 0 amide bonds. The molecule has 0 saturated heterocycles. The zero-order chi connectivity index (χ0) is 24.1. The Labute approximate surface area is 199 Å². The molecule has 4 rings (SSSR count). The monoisotopic (exact) mass is 453 g/mol. The summed E-state index contributed by atoms with van der Waals surface area (Å²) in [6.07, 6.45) is 1.71. The van der Waals surface area contributed by atoms with Gasteiger partial charge in [0, 0.05) is 18.5 Å². The second kappa shape index (κ2) is 10.3. The Morgan fingerprint density at radius 2 is 1.88 bits per heavy atom. The number of ether oxygens (including phenoxy) is 1. The number of hydrogen-bond acceptors (Lipinski definition) is 5. The SMILES string of the molecule is CCCCc1nc2cccc(C(=O)OC)c2n1Cc1ccc(-c2ccccc2C(O)C#N)cc1. The number of aromatic nitrogens is 2. The fourth-order valence-corrected chi connectivity index (χ4v) is 4.24. The third-order valence-electron chi connectivity index (χ3n) is 5.99. The van der Waals surface area contributed by atoms with Gasteiger partial charge >= 0.3 is 5.97 Å². The van der Waals surface area contributed by atoms with Crippen LogP contribution in [-0.4, -0.2) is 27.7 Å².